The van der Waals surface area contributed by atoms with Crippen molar-refractivity contribution in [2.75, 3.05) is 19.4 Å². The first-order chi connectivity index (χ1) is 12.6. The number of benzene rings is 2. The minimum Gasteiger partial charge on any atom is -0.497 e. The molecule has 0 saturated heterocycles. The third kappa shape index (κ3) is 6.46. The first-order valence-electron chi connectivity index (χ1n) is 8.53. The number of hydrogen-bond donors (Lipinski definition) is 1. The molecular formula is C20H24ClNO3S. The molecule has 0 aliphatic heterocycles. The summed E-state index contributed by atoms with van der Waals surface area (Å²) in [5, 5.41) is 3.72. The predicted octanol–water partition coefficient (Wildman–Crippen LogP) is 4.56. The Labute approximate surface area is 164 Å². The molecule has 2 aromatic carbocycles. The van der Waals surface area contributed by atoms with Crippen molar-refractivity contribution in [1.29, 1.82) is 0 Å². The summed E-state index contributed by atoms with van der Waals surface area (Å²) < 4.78 is 10.9. The van der Waals surface area contributed by atoms with Crippen molar-refractivity contribution >= 4 is 29.3 Å². The summed E-state index contributed by atoms with van der Waals surface area (Å²) in [7, 11) is 1.61. The monoisotopic (exact) mass is 393 g/mol. The fourth-order valence-corrected chi connectivity index (χ4v) is 3.44. The second-order valence-corrected chi connectivity index (χ2v) is 7.14. The molecule has 140 valence electrons. The molecule has 0 aliphatic carbocycles. The van der Waals surface area contributed by atoms with Crippen LogP contribution in [0.5, 0.6) is 11.5 Å². The quantitative estimate of drug-likeness (QED) is 0.601. The van der Waals surface area contributed by atoms with E-state index in [0.29, 0.717) is 18.7 Å². The predicted molar refractivity (Wildman–Crippen MR) is 108 cm³/mol. The maximum Gasteiger partial charge on any atom is 0.261 e. The molecule has 0 unspecified atom stereocenters. The Balaban J connectivity index is 1.71. The van der Waals surface area contributed by atoms with Gasteiger partial charge >= 0.3 is 0 Å². The van der Waals surface area contributed by atoms with E-state index in [1.165, 1.54) is 0 Å². The lowest BCUT2D eigenvalue weighted by molar-refractivity contribution is -0.127. The molecule has 1 atom stereocenters. The minimum atomic E-state index is -0.503. The van der Waals surface area contributed by atoms with Gasteiger partial charge in [-0.05, 0) is 42.3 Å². The maximum atomic E-state index is 12.3. The van der Waals surface area contributed by atoms with Crippen molar-refractivity contribution in [1.82, 2.24) is 5.32 Å². The van der Waals surface area contributed by atoms with Gasteiger partial charge in [-0.3, -0.25) is 4.79 Å². The molecule has 2 aromatic rings. The molecule has 0 spiro atoms. The largest absolute Gasteiger partial charge is 0.497 e. The first kappa shape index (κ1) is 20.5. The number of carbonyl (C=O) groups excluding carboxylic acids is 1. The van der Waals surface area contributed by atoms with E-state index in [1.54, 1.807) is 31.0 Å². The second-order valence-electron chi connectivity index (χ2n) is 5.63. The fraction of sp³-hybridized carbons (Fsp3) is 0.350. The molecule has 0 aliphatic rings. The smallest absolute Gasteiger partial charge is 0.261 e. The first-order valence-corrected chi connectivity index (χ1v) is 10.1. The Morgan fingerprint density at radius 2 is 1.85 bits per heavy atom. The summed E-state index contributed by atoms with van der Waals surface area (Å²) in [6, 6.07) is 15.0. The van der Waals surface area contributed by atoms with Crippen molar-refractivity contribution in [2.45, 2.75) is 25.2 Å². The van der Waals surface area contributed by atoms with E-state index in [-0.39, 0.29) is 5.91 Å². The van der Waals surface area contributed by atoms with E-state index in [9.17, 15) is 4.79 Å². The van der Waals surface area contributed by atoms with Crippen LogP contribution < -0.4 is 14.8 Å². The van der Waals surface area contributed by atoms with Gasteiger partial charge in [-0.25, -0.2) is 0 Å². The SMILES string of the molecule is CC[C@H](Oc1ccc(OC)cc1)C(=O)NCCSCc1ccccc1Cl. The van der Waals surface area contributed by atoms with Crippen LogP contribution in [0.2, 0.25) is 5.02 Å². The highest BCUT2D eigenvalue weighted by Gasteiger charge is 2.17. The number of hydrogen-bond acceptors (Lipinski definition) is 4. The molecule has 2 rings (SSSR count). The maximum absolute atomic E-state index is 12.3. The van der Waals surface area contributed by atoms with E-state index in [4.69, 9.17) is 21.1 Å². The highest BCUT2D eigenvalue weighted by molar-refractivity contribution is 7.98. The Bertz CT molecular complexity index is 694. The van der Waals surface area contributed by atoms with E-state index in [2.05, 4.69) is 5.32 Å². The molecular weight excluding hydrogens is 370 g/mol. The van der Waals surface area contributed by atoms with Gasteiger partial charge in [-0.1, -0.05) is 36.7 Å². The zero-order chi connectivity index (χ0) is 18.8. The summed E-state index contributed by atoms with van der Waals surface area (Å²) in [4.78, 5) is 12.3. The Morgan fingerprint density at radius 3 is 2.50 bits per heavy atom. The highest BCUT2D eigenvalue weighted by atomic mass is 35.5. The average Bonchev–Trinajstić information content (AvgIpc) is 2.67. The van der Waals surface area contributed by atoms with Crippen LogP contribution in [0.25, 0.3) is 0 Å². The number of ether oxygens (including phenoxy) is 2. The van der Waals surface area contributed by atoms with Gasteiger partial charge in [0.05, 0.1) is 7.11 Å². The van der Waals surface area contributed by atoms with Crippen LogP contribution in [0.3, 0.4) is 0 Å². The normalized spacial score (nSPS) is 11.7. The molecule has 1 N–H and O–H groups in total. The summed E-state index contributed by atoms with van der Waals surface area (Å²) in [5.74, 6) is 2.96. The standard InChI is InChI=1S/C20H24ClNO3S/c1-3-19(25-17-10-8-16(24-2)9-11-17)20(23)22-12-13-26-14-15-6-4-5-7-18(15)21/h4-11,19H,3,12-14H2,1-2H3,(H,22,23)/t19-/m0/s1. The van der Waals surface area contributed by atoms with Crippen molar-refractivity contribution < 1.29 is 14.3 Å². The van der Waals surface area contributed by atoms with Gasteiger partial charge in [0.15, 0.2) is 6.10 Å². The summed E-state index contributed by atoms with van der Waals surface area (Å²) in [6.45, 7) is 2.52. The fourth-order valence-electron chi connectivity index (χ4n) is 2.30. The Kier molecular flexibility index (Phi) is 8.65. The third-order valence-corrected chi connectivity index (χ3v) is 5.14. The van der Waals surface area contributed by atoms with Crippen molar-refractivity contribution in [2.24, 2.45) is 0 Å². The Hall–Kier alpha value is -1.85. The second kappa shape index (κ2) is 11.0. The number of nitrogens with one attached hydrogen (secondary N) is 1. The van der Waals surface area contributed by atoms with Crippen LogP contribution in [0.15, 0.2) is 48.5 Å². The summed E-state index contributed by atoms with van der Waals surface area (Å²) in [6.07, 6.45) is 0.0990. The van der Waals surface area contributed by atoms with Gasteiger partial charge in [-0.2, -0.15) is 11.8 Å². The molecule has 26 heavy (non-hydrogen) atoms. The Morgan fingerprint density at radius 1 is 1.15 bits per heavy atom. The number of amides is 1. The molecule has 0 saturated carbocycles. The number of halogens is 1. The number of thioether (sulfide) groups is 1. The van der Waals surface area contributed by atoms with Crippen LogP contribution in [0, 0.1) is 0 Å². The van der Waals surface area contributed by atoms with E-state index in [0.717, 1.165) is 27.8 Å². The van der Waals surface area contributed by atoms with Crippen molar-refractivity contribution in [3.05, 3.63) is 59.1 Å². The van der Waals surface area contributed by atoms with Gasteiger partial charge in [0.25, 0.3) is 5.91 Å². The topological polar surface area (TPSA) is 47.6 Å². The molecule has 0 aromatic heterocycles. The van der Waals surface area contributed by atoms with Gasteiger partial charge in [0.2, 0.25) is 0 Å². The zero-order valence-electron chi connectivity index (χ0n) is 15.0. The average molecular weight is 394 g/mol. The molecule has 0 heterocycles. The zero-order valence-corrected chi connectivity index (χ0v) is 16.6. The third-order valence-electron chi connectivity index (χ3n) is 3.76. The van der Waals surface area contributed by atoms with Crippen LogP contribution in [-0.4, -0.2) is 31.4 Å². The molecule has 0 fully saturated rings. The minimum absolute atomic E-state index is 0.0957. The van der Waals surface area contributed by atoms with Crippen LogP contribution in [-0.2, 0) is 10.5 Å². The van der Waals surface area contributed by atoms with Crippen molar-refractivity contribution in [3.8, 4) is 11.5 Å². The van der Waals surface area contributed by atoms with Gasteiger partial charge in [0, 0.05) is 23.1 Å². The highest BCUT2D eigenvalue weighted by Crippen LogP contribution is 2.21. The van der Waals surface area contributed by atoms with Crippen molar-refractivity contribution in [3.63, 3.8) is 0 Å². The lowest BCUT2D eigenvalue weighted by Gasteiger charge is -2.17. The van der Waals surface area contributed by atoms with E-state index >= 15 is 0 Å². The lowest BCUT2D eigenvalue weighted by atomic mass is 10.2. The van der Waals surface area contributed by atoms with Gasteiger partial charge < -0.3 is 14.8 Å². The van der Waals surface area contributed by atoms with Crippen LogP contribution in [0.4, 0.5) is 0 Å². The summed E-state index contributed by atoms with van der Waals surface area (Å²) in [5.41, 5.74) is 1.11. The van der Waals surface area contributed by atoms with E-state index in [1.807, 2.05) is 43.3 Å². The number of rotatable bonds is 10. The summed E-state index contributed by atoms with van der Waals surface area (Å²) >= 11 is 7.87. The molecule has 0 radical (unpaired) electrons. The molecule has 1 amide bonds. The van der Waals surface area contributed by atoms with Crippen LogP contribution in [0.1, 0.15) is 18.9 Å². The molecule has 4 nitrogen and oxygen atoms in total. The van der Waals surface area contributed by atoms with E-state index < -0.39 is 6.10 Å². The lowest BCUT2D eigenvalue weighted by Crippen LogP contribution is -2.39. The molecule has 6 heteroatoms. The van der Waals surface area contributed by atoms with Gasteiger partial charge in [0.1, 0.15) is 11.5 Å². The van der Waals surface area contributed by atoms with Crippen LogP contribution >= 0.6 is 23.4 Å². The number of carbonyl (C=O) groups is 1. The number of methoxy groups -OCH3 is 1. The van der Waals surface area contributed by atoms with Gasteiger partial charge in [-0.15, -0.1) is 0 Å². The molecule has 0 bridgehead atoms.